The second kappa shape index (κ2) is 26.5. The lowest BCUT2D eigenvalue weighted by atomic mass is 9.70. The van der Waals surface area contributed by atoms with Gasteiger partial charge in [-0.3, -0.25) is 29.0 Å². The summed E-state index contributed by atoms with van der Waals surface area (Å²) in [6.07, 6.45) is 7.52. The predicted octanol–water partition coefficient (Wildman–Crippen LogP) is 7.30. The van der Waals surface area contributed by atoms with Crippen LogP contribution in [0.2, 0.25) is 0 Å². The number of hydrazine groups is 2. The minimum absolute atomic E-state index is 0.0927. The summed E-state index contributed by atoms with van der Waals surface area (Å²) in [5.74, 6) is -2.74. The van der Waals surface area contributed by atoms with Gasteiger partial charge in [0.25, 0.3) is 0 Å². The van der Waals surface area contributed by atoms with Crippen molar-refractivity contribution in [2.75, 3.05) is 33.0 Å². The summed E-state index contributed by atoms with van der Waals surface area (Å²) in [5, 5.41) is 9.86. The summed E-state index contributed by atoms with van der Waals surface area (Å²) in [6, 6.07) is 13.4. The Labute approximate surface area is 441 Å². The maximum atomic E-state index is 12.1. The average Bonchev–Trinajstić information content (AvgIpc) is 4.06. The van der Waals surface area contributed by atoms with E-state index in [0.717, 1.165) is 73.2 Å². The van der Waals surface area contributed by atoms with Gasteiger partial charge in [-0.25, -0.2) is 4.68 Å². The summed E-state index contributed by atoms with van der Waals surface area (Å²) in [7, 11) is 0. The summed E-state index contributed by atoms with van der Waals surface area (Å²) in [4.78, 5) is 59.4. The number of nitrogens with one attached hydrogen (secondary N) is 2. The first kappa shape index (κ1) is 55.8. The van der Waals surface area contributed by atoms with Gasteiger partial charge in [-0.05, 0) is 72.2 Å². The van der Waals surface area contributed by atoms with Crippen LogP contribution in [0.15, 0.2) is 63.4 Å². The number of hydrogen-bond acceptors (Lipinski definition) is 19. The Kier molecular flexibility index (Phi) is 20.2. The van der Waals surface area contributed by atoms with Gasteiger partial charge in [-0.15, -0.1) is 10.6 Å². The second-order valence-electron chi connectivity index (χ2n) is 18.7. The number of rotatable bonds is 25. The highest BCUT2D eigenvalue weighted by atomic mass is 79.9. The van der Waals surface area contributed by atoms with E-state index in [4.69, 9.17) is 42.6 Å². The van der Waals surface area contributed by atoms with Crippen LogP contribution < -0.4 is 11.0 Å². The zero-order valence-corrected chi connectivity index (χ0v) is 45.1. The highest BCUT2D eigenvalue weighted by molar-refractivity contribution is 9.10. The zero-order valence-electron chi connectivity index (χ0n) is 41.9. The molecule has 7 rings (SSSR count). The van der Waals surface area contributed by atoms with Crippen LogP contribution in [0.3, 0.4) is 0 Å². The predicted molar refractivity (Wildman–Crippen MR) is 268 cm³/mol. The van der Waals surface area contributed by atoms with Crippen molar-refractivity contribution in [1.29, 1.82) is 0 Å². The molecule has 2 aromatic carbocycles. The molecule has 22 heteroatoms. The maximum absolute atomic E-state index is 12.1. The molecule has 2 N–H and O–H groups in total. The lowest BCUT2D eigenvalue weighted by Crippen LogP contribution is -2.63. The van der Waals surface area contributed by atoms with Crippen LogP contribution >= 0.6 is 31.9 Å². The van der Waals surface area contributed by atoms with Gasteiger partial charge in [0.05, 0.1) is 44.0 Å². The van der Waals surface area contributed by atoms with E-state index in [1.807, 2.05) is 0 Å². The quantitative estimate of drug-likeness (QED) is 0.0482. The molecule has 7 atom stereocenters. The average molecular weight is 1150 g/mol. The molecule has 7 unspecified atom stereocenters. The van der Waals surface area contributed by atoms with Crippen LogP contribution in [0.5, 0.6) is 0 Å². The van der Waals surface area contributed by atoms with Crippen molar-refractivity contribution in [3.63, 3.8) is 0 Å². The fourth-order valence-electron chi connectivity index (χ4n) is 10.2. The molecule has 1 aromatic heterocycles. The summed E-state index contributed by atoms with van der Waals surface area (Å²) in [5.41, 5.74) is 12.6. The maximum Gasteiger partial charge on any atom is 0.303 e. The van der Waals surface area contributed by atoms with Crippen molar-refractivity contribution in [3.05, 3.63) is 80.3 Å². The molecule has 2 saturated heterocycles. The normalized spacial score (nSPS) is 22.9. The number of carbonyl (C=O) groups is 5. The Morgan fingerprint density at radius 2 is 1.21 bits per heavy atom. The first-order valence-corrected chi connectivity index (χ1v) is 26.5. The van der Waals surface area contributed by atoms with Crippen LogP contribution in [0.25, 0.3) is 11.1 Å². The largest absolute Gasteiger partial charge is 0.460 e. The fraction of sp³-hybridized carbons (Fsp3) is 0.588. The fourth-order valence-corrected chi connectivity index (χ4v) is 10.9. The molecule has 0 saturated carbocycles. The molecule has 4 heterocycles. The third kappa shape index (κ3) is 14.9. The number of benzene rings is 2. The van der Waals surface area contributed by atoms with Crippen molar-refractivity contribution in [3.8, 4) is 11.1 Å². The van der Waals surface area contributed by atoms with E-state index in [9.17, 15) is 24.0 Å². The Balaban J connectivity index is 0.876. The van der Waals surface area contributed by atoms with E-state index >= 15 is 0 Å². The number of esters is 5. The number of unbranched alkanes of at least 4 members (excludes halogenated alkanes) is 6. The van der Waals surface area contributed by atoms with Crippen LogP contribution in [0, 0.1) is 0 Å². The van der Waals surface area contributed by atoms with Gasteiger partial charge in [0.1, 0.15) is 6.10 Å². The van der Waals surface area contributed by atoms with Gasteiger partial charge in [0.2, 0.25) is 0 Å². The third-order valence-electron chi connectivity index (χ3n) is 13.1. The van der Waals surface area contributed by atoms with E-state index in [1.54, 1.807) is 22.1 Å². The first-order chi connectivity index (χ1) is 35.1. The number of fused-ring (bicyclic) bond motifs is 3. The monoisotopic (exact) mass is 1140 g/mol. The Hall–Kier alpha value is -4.97. The number of nitrogens with zero attached hydrogens (tertiary/aromatic N) is 4. The molecular formula is C51H66Br2N6O14. The Morgan fingerprint density at radius 3 is 1.81 bits per heavy atom. The van der Waals surface area contributed by atoms with E-state index in [0.29, 0.717) is 24.6 Å². The Bertz CT molecular complexity index is 2390. The van der Waals surface area contributed by atoms with E-state index in [-0.39, 0.29) is 38.3 Å². The van der Waals surface area contributed by atoms with Crippen molar-refractivity contribution >= 4 is 61.7 Å². The van der Waals surface area contributed by atoms with E-state index < -0.39 is 72.8 Å². The molecule has 73 heavy (non-hydrogen) atoms. The van der Waals surface area contributed by atoms with Crippen LogP contribution in [0.4, 0.5) is 0 Å². The van der Waals surface area contributed by atoms with Gasteiger partial charge in [-0.2, -0.15) is 0 Å². The summed E-state index contributed by atoms with van der Waals surface area (Å²) >= 11 is 7.58. The van der Waals surface area contributed by atoms with Crippen molar-refractivity contribution in [2.24, 2.45) is 0 Å². The van der Waals surface area contributed by atoms with Gasteiger partial charge >= 0.3 is 29.8 Å². The molecule has 398 valence electrons. The van der Waals surface area contributed by atoms with Gasteiger partial charge in [0, 0.05) is 74.8 Å². The molecule has 4 aliphatic rings. The molecule has 3 aromatic rings. The lowest BCUT2D eigenvalue weighted by molar-refractivity contribution is -0.249. The Morgan fingerprint density at radius 1 is 0.658 bits per heavy atom. The van der Waals surface area contributed by atoms with Gasteiger partial charge in [0.15, 0.2) is 36.9 Å². The molecule has 2 fully saturated rings. The van der Waals surface area contributed by atoms with Crippen molar-refractivity contribution < 1.29 is 66.6 Å². The third-order valence-corrected chi connectivity index (χ3v) is 14.1. The molecule has 0 radical (unpaired) electrons. The number of halogens is 2. The molecule has 3 aliphatic heterocycles. The SMILES string of the molecule is CC(=O)OC1COC(n2nncc2COCCCCCCC2(CCCCCCOCC3=CN(C4OCC(OC(C)=O)C(OC(C)=O)C4OC(C)=O)NN3)c3cc(Br)ccc3-c3ccc(Br)cc32)C(OC(C)=O)C1. The lowest BCUT2D eigenvalue weighted by Gasteiger charge is -2.43. The van der Waals surface area contributed by atoms with E-state index in [2.05, 4.69) is 89.5 Å². The minimum Gasteiger partial charge on any atom is -0.460 e. The minimum atomic E-state index is -1.11. The van der Waals surface area contributed by atoms with Gasteiger partial charge < -0.3 is 48.1 Å². The smallest absolute Gasteiger partial charge is 0.303 e. The van der Waals surface area contributed by atoms with E-state index in [1.165, 1.54) is 56.9 Å². The number of ether oxygens (including phenoxy) is 9. The topological polar surface area (TPSA) is 226 Å². The molecule has 0 bridgehead atoms. The zero-order chi connectivity index (χ0) is 52.1. The first-order valence-electron chi connectivity index (χ1n) is 24.9. The van der Waals surface area contributed by atoms with Crippen LogP contribution in [-0.4, -0.2) is 120 Å². The van der Waals surface area contributed by atoms with Crippen LogP contribution in [0.1, 0.15) is 128 Å². The molecule has 0 spiro atoms. The number of carbonyl (C=O) groups excluding carboxylic acids is 5. The van der Waals surface area contributed by atoms with Crippen molar-refractivity contribution in [1.82, 2.24) is 31.0 Å². The second-order valence-corrected chi connectivity index (χ2v) is 20.6. The van der Waals surface area contributed by atoms with Crippen molar-refractivity contribution in [2.45, 2.75) is 160 Å². The van der Waals surface area contributed by atoms with Gasteiger partial charge in [-0.1, -0.05) is 87.7 Å². The summed E-state index contributed by atoms with van der Waals surface area (Å²) < 4.78 is 55.1. The van der Waals surface area contributed by atoms with Crippen LogP contribution in [-0.2, 0) is 78.6 Å². The standard InChI is InChI=1S/C51H66Br2N6O14/c1-31(60)69-40-24-45(70-32(2)61)49(67-29-40)59-39(25-54-56-59)28-66-21-13-9-7-11-19-51(43-22-36(52)14-16-41(43)42-17-15-37(53)23-44(42)51)18-10-6-8-12-20-65-27-38-26-58(57-55-38)50-48(73-35(5)64)47(72-34(4)63)46(30-68-50)71-33(3)62/h14-17,22-23,25-26,40,45-50,55,57H,6-13,18-21,24,27-30H2,1-5H3. The highest BCUT2D eigenvalue weighted by Gasteiger charge is 2.50. The number of aromatic nitrogens is 3. The molecular weight excluding hydrogens is 1080 g/mol. The number of hydrogen-bond donors (Lipinski definition) is 2. The molecule has 1 aliphatic carbocycles. The molecule has 20 nitrogen and oxygen atoms in total. The highest BCUT2D eigenvalue weighted by Crippen LogP contribution is 2.55. The summed E-state index contributed by atoms with van der Waals surface area (Å²) in [6.45, 7) is 8.04. The molecule has 0 amide bonds.